The lowest BCUT2D eigenvalue weighted by atomic mass is 9.85. The van der Waals surface area contributed by atoms with Gasteiger partial charge in [-0.05, 0) is 43.4 Å². The lowest BCUT2D eigenvalue weighted by Crippen LogP contribution is -2.57. The summed E-state index contributed by atoms with van der Waals surface area (Å²) in [5.41, 5.74) is 0.361. The molecule has 3 amide bonds. The molecule has 1 N–H and O–H groups in total. The molecule has 0 aromatic heterocycles. The van der Waals surface area contributed by atoms with Gasteiger partial charge in [0.25, 0.3) is 5.91 Å². The molecule has 154 valence electrons. The Labute approximate surface area is 166 Å². The Kier molecular flexibility index (Phi) is 5.84. The maximum Gasteiger partial charge on any atom is 0.327 e. The van der Waals surface area contributed by atoms with Gasteiger partial charge in [0.15, 0.2) is 11.5 Å². The number of likely N-dealkylation sites (tertiary alicyclic amines) is 1. The van der Waals surface area contributed by atoms with Gasteiger partial charge in [-0.25, -0.2) is 4.79 Å². The standard InChI is InChI=1S/C21H31N3O4/c1-5-28-18-12-16(6-7-17(18)25)14-23-10-8-21(9-11-23)19(26)22(4)20(27)24(21)13-15(2)3/h6-7,12,15,25H,5,8-11,13-14H2,1-4H3. The molecular formula is C21H31N3O4. The smallest absolute Gasteiger partial charge is 0.327 e. The molecule has 2 aliphatic heterocycles. The number of piperidine rings is 1. The summed E-state index contributed by atoms with van der Waals surface area (Å²) in [6.07, 6.45) is 1.29. The summed E-state index contributed by atoms with van der Waals surface area (Å²) >= 11 is 0. The Morgan fingerprint density at radius 3 is 2.50 bits per heavy atom. The quantitative estimate of drug-likeness (QED) is 0.758. The van der Waals surface area contributed by atoms with E-state index in [1.165, 1.54) is 4.90 Å². The van der Waals surface area contributed by atoms with E-state index in [2.05, 4.69) is 18.7 Å². The first kappa shape index (κ1) is 20.5. The van der Waals surface area contributed by atoms with Crippen molar-refractivity contribution < 1.29 is 19.4 Å². The van der Waals surface area contributed by atoms with E-state index in [9.17, 15) is 14.7 Å². The molecule has 1 aromatic carbocycles. The fraction of sp³-hybridized carbons (Fsp3) is 0.619. The van der Waals surface area contributed by atoms with Crippen molar-refractivity contribution in [1.82, 2.24) is 14.7 Å². The Hall–Kier alpha value is -2.28. The number of imide groups is 1. The van der Waals surface area contributed by atoms with Crippen molar-refractivity contribution in [2.75, 3.05) is 33.3 Å². The number of aromatic hydroxyl groups is 1. The summed E-state index contributed by atoms with van der Waals surface area (Å²) in [5.74, 6) is 0.883. The summed E-state index contributed by atoms with van der Waals surface area (Å²) in [6.45, 7) is 9.33. The average molecular weight is 389 g/mol. The van der Waals surface area contributed by atoms with Crippen LogP contribution in [-0.2, 0) is 11.3 Å². The first-order valence-corrected chi connectivity index (χ1v) is 10.0. The molecule has 1 aromatic rings. The van der Waals surface area contributed by atoms with Crippen molar-refractivity contribution in [3.05, 3.63) is 23.8 Å². The van der Waals surface area contributed by atoms with Gasteiger partial charge in [-0.3, -0.25) is 14.6 Å². The van der Waals surface area contributed by atoms with E-state index in [-0.39, 0.29) is 17.7 Å². The fourth-order valence-electron chi connectivity index (χ4n) is 4.25. The van der Waals surface area contributed by atoms with Gasteiger partial charge in [0.2, 0.25) is 0 Å². The second kappa shape index (κ2) is 7.99. The van der Waals surface area contributed by atoms with Crippen LogP contribution in [-0.4, -0.2) is 70.6 Å². The monoisotopic (exact) mass is 389 g/mol. The summed E-state index contributed by atoms with van der Waals surface area (Å²) in [7, 11) is 1.59. The van der Waals surface area contributed by atoms with Crippen molar-refractivity contribution in [1.29, 1.82) is 0 Å². The molecule has 3 rings (SSSR count). The maximum absolute atomic E-state index is 12.9. The van der Waals surface area contributed by atoms with Crippen LogP contribution >= 0.6 is 0 Å². The molecule has 0 radical (unpaired) electrons. The number of carbonyl (C=O) groups is 2. The molecule has 7 heteroatoms. The SMILES string of the molecule is CCOc1cc(CN2CCC3(CC2)C(=O)N(C)C(=O)N3CC(C)C)ccc1O. The number of phenolic OH excluding ortho intramolecular Hbond substituents is 1. The molecule has 1 spiro atoms. The van der Waals surface area contributed by atoms with Crippen molar-refractivity contribution in [3.63, 3.8) is 0 Å². The topological polar surface area (TPSA) is 73.3 Å². The molecule has 28 heavy (non-hydrogen) atoms. The molecule has 0 bridgehead atoms. The number of likely N-dealkylation sites (N-methyl/N-ethyl adjacent to an activating group) is 1. The van der Waals surface area contributed by atoms with Gasteiger partial charge >= 0.3 is 6.03 Å². The third kappa shape index (κ3) is 3.68. The van der Waals surface area contributed by atoms with E-state index in [1.807, 2.05) is 19.1 Å². The van der Waals surface area contributed by atoms with Crippen LogP contribution in [0.25, 0.3) is 0 Å². The van der Waals surface area contributed by atoms with E-state index in [4.69, 9.17) is 4.74 Å². The molecule has 7 nitrogen and oxygen atoms in total. The largest absolute Gasteiger partial charge is 0.504 e. The lowest BCUT2D eigenvalue weighted by Gasteiger charge is -2.42. The van der Waals surface area contributed by atoms with Crippen molar-refractivity contribution in [2.45, 2.75) is 45.7 Å². The molecule has 2 saturated heterocycles. The number of nitrogens with zero attached hydrogens (tertiary/aromatic N) is 3. The highest BCUT2D eigenvalue weighted by Crippen LogP contribution is 2.38. The van der Waals surface area contributed by atoms with Crippen LogP contribution in [0.3, 0.4) is 0 Å². The second-order valence-corrected chi connectivity index (χ2v) is 8.19. The number of hydrogen-bond donors (Lipinski definition) is 1. The first-order chi connectivity index (χ1) is 13.3. The third-order valence-electron chi connectivity index (χ3n) is 5.70. The molecule has 2 heterocycles. The van der Waals surface area contributed by atoms with Gasteiger partial charge in [0, 0.05) is 33.2 Å². The number of urea groups is 1. The molecule has 2 aliphatic rings. The van der Waals surface area contributed by atoms with Crippen molar-refractivity contribution in [2.24, 2.45) is 5.92 Å². The average Bonchev–Trinajstić information content (AvgIpc) is 2.82. The lowest BCUT2D eigenvalue weighted by molar-refractivity contribution is -0.135. The molecular weight excluding hydrogens is 358 g/mol. The Balaban J connectivity index is 1.70. The zero-order chi connectivity index (χ0) is 20.5. The summed E-state index contributed by atoms with van der Waals surface area (Å²) < 4.78 is 5.47. The van der Waals surface area contributed by atoms with Crippen LogP contribution in [0.5, 0.6) is 11.5 Å². The van der Waals surface area contributed by atoms with Crippen LogP contribution in [0.2, 0.25) is 0 Å². The Morgan fingerprint density at radius 1 is 1.21 bits per heavy atom. The number of benzene rings is 1. The maximum atomic E-state index is 12.9. The van der Waals surface area contributed by atoms with Gasteiger partial charge in [-0.15, -0.1) is 0 Å². The minimum absolute atomic E-state index is 0.0685. The second-order valence-electron chi connectivity index (χ2n) is 8.19. The van der Waals surface area contributed by atoms with Gasteiger partial charge in [-0.1, -0.05) is 19.9 Å². The predicted octanol–water partition coefficient (Wildman–Crippen LogP) is 2.68. The highest BCUT2D eigenvalue weighted by Gasteiger charge is 2.56. The van der Waals surface area contributed by atoms with E-state index >= 15 is 0 Å². The molecule has 0 aliphatic carbocycles. The van der Waals surface area contributed by atoms with Crippen molar-refractivity contribution in [3.8, 4) is 11.5 Å². The third-order valence-corrected chi connectivity index (χ3v) is 5.70. The molecule has 2 fully saturated rings. The Bertz CT molecular complexity index is 741. The minimum Gasteiger partial charge on any atom is -0.504 e. The van der Waals surface area contributed by atoms with Crippen molar-refractivity contribution >= 4 is 11.9 Å². The fourth-order valence-corrected chi connectivity index (χ4v) is 4.25. The van der Waals surface area contributed by atoms with Crippen LogP contribution in [0.15, 0.2) is 18.2 Å². The highest BCUT2D eigenvalue weighted by molar-refractivity contribution is 6.06. The van der Waals surface area contributed by atoms with Crippen LogP contribution < -0.4 is 4.74 Å². The molecule has 0 atom stereocenters. The van der Waals surface area contributed by atoms with E-state index in [0.717, 1.165) is 25.2 Å². The van der Waals surface area contributed by atoms with Gasteiger partial charge in [-0.2, -0.15) is 0 Å². The zero-order valence-electron chi connectivity index (χ0n) is 17.3. The molecule has 0 unspecified atom stereocenters. The first-order valence-electron chi connectivity index (χ1n) is 10.0. The van der Waals surface area contributed by atoms with E-state index in [0.29, 0.717) is 37.7 Å². The highest BCUT2D eigenvalue weighted by atomic mass is 16.5. The number of amides is 3. The summed E-state index contributed by atoms with van der Waals surface area (Å²) in [4.78, 5) is 30.9. The van der Waals surface area contributed by atoms with Crippen LogP contribution in [0.1, 0.15) is 39.2 Å². The van der Waals surface area contributed by atoms with Gasteiger partial charge in [0.05, 0.1) is 6.61 Å². The van der Waals surface area contributed by atoms with Crippen LogP contribution in [0.4, 0.5) is 4.79 Å². The Morgan fingerprint density at radius 2 is 1.89 bits per heavy atom. The number of rotatable bonds is 6. The minimum atomic E-state index is -0.696. The number of carbonyl (C=O) groups excluding carboxylic acids is 2. The number of ether oxygens (including phenoxy) is 1. The summed E-state index contributed by atoms with van der Waals surface area (Å²) in [6, 6.07) is 5.24. The number of hydrogen-bond acceptors (Lipinski definition) is 5. The van der Waals surface area contributed by atoms with E-state index in [1.54, 1.807) is 18.0 Å². The van der Waals surface area contributed by atoms with Crippen LogP contribution in [0, 0.1) is 5.92 Å². The number of phenols is 1. The molecule has 0 saturated carbocycles. The zero-order valence-corrected chi connectivity index (χ0v) is 17.3. The predicted molar refractivity (Wildman–Crippen MR) is 106 cm³/mol. The van der Waals surface area contributed by atoms with E-state index < -0.39 is 5.54 Å². The van der Waals surface area contributed by atoms with Gasteiger partial charge in [0.1, 0.15) is 5.54 Å². The van der Waals surface area contributed by atoms with Gasteiger partial charge < -0.3 is 14.7 Å². The normalized spacial score (nSPS) is 19.9. The summed E-state index contributed by atoms with van der Waals surface area (Å²) in [5, 5.41) is 9.87.